The first kappa shape index (κ1) is 10.5. The van der Waals surface area contributed by atoms with Gasteiger partial charge in [-0.1, -0.05) is 0 Å². The summed E-state index contributed by atoms with van der Waals surface area (Å²) in [5, 5.41) is 12.7. The number of rotatable bonds is 3. The Hall–Kier alpha value is -1.59. The van der Waals surface area contributed by atoms with Crippen molar-refractivity contribution in [3.05, 3.63) is 0 Å². The van der Waals surface area contributed by atoms with Crippen molar-refractivity contribution < 1.29 is 19.5 Å². The lowest BCUT2D eigenvalue weighted by molar-refractivity contribution is -0.305. The summed E-state index contributed by atoms with van der Waals surface area (Å²) in [5.74, 6) is -1.78. The Balaban J connectivity index is 2.36. The molecule has 1 saturated heterocycles. The number of carbonyl (C=O) groups excluding carboxylic acids is 3. The molecule has 6 heteroatoms. The van der Waals surface area contributed by atoms with Crippen LogP contribution in [0.3, 0.4) is 0 Å². The highest BCUT2D eigenvalue weighted by atomic mass is 16.4. The zero-order chi connectivity index (χ0) is 10.6. The summed E-state index contributed by atoms with van der Waals surface area (Å²) in [6.07, 6.45) is -0.396. The third kappa shape index (κ3) is 3.04. The Kier molecular flexibility index (Phi) is 3.44. The van der Waals surface area contributed by atoms with Crippen molar-refractivity contribution in [2.24, 2.45) is 0 Å². The summed E-state index contributed by atoms with van der Waals surface area (Å²) < 4.78 is 0. The van der Waals surface area contributed by atoms with Gasteiger partial charge in [0.1, 0.15) is 0 Å². The SMILES string of the molecule is O=C([O-])CCC(=O)N1CCNC(=O)C1. The highest BCUT2D eigenvalue weighted by Crippen LogP contribution is 1.99. The molecule has 1 aliphatic heterocycles. The van der Waals surface area contributed by atoms with Crippen molar-refractivity contribution in [2.45, 2.75) is 12.8 Å². The molecule has 0 atom stereocenters. The minimum Gasteiger partial charge on any atom is -0.550 e. The standard InChI is InChI=1S/C8H12N2O4/c11-6-5-10(4-3-9-6)7(12)1-2-8(13)14/h1-5H2,(H,9,11)(H,13,14)/p-1. The van der Waals surface area contributed by atoms with Crippen LogP contribution in [0.25, 0.3) is 0 Å². The second-order valence-corrected chi connectivity index (χ2v) is 3.04. The second kappa shape index (κ2) is 4.59. The summed E-state index contributed by atoms with van der Waals surface area (Å²) in [6.45, 7) is 0.888. The Morgan fingerprint density at radius 3 is 2.71 bits per heavy atom. The summed E-state index contributed by atoms with van der Waals surface area (Å²) in [7, 11) is 0. The Morgan fingerprint density at radius 1 is 1.43 bits per heavy atom. The Morgan fingerprint density at radius 2 is 2.14 bits per heavy atom. The zero-order valence-corrected chi connectivity index (χ0v) is 7.62. The van der Waals surface area contributed by atoms with E-state index < -0.39 is 5.97 Å². The molecule has 0 aliphatic carbocycles. The van der Waals surface area contributed by atoms with E-state index in [1.54, 1.807) is 0 Å². The molecule has 78 valence electrons. The van der Waals surface area contributed by atoms with Gasteiger partial charge in [0, 0.05) is 25.5 Å². The number of hydrogen-bond donors (Lipinski definition) is 1. The lowest BCUT2D eigenvalue weighted by Gasteiger charge is -2.26. The number of carboxylic acids is 1. The molecule has 2 amide bonds. The molecule has 1 rings (SSSR count). The van der Waals surface area contributed by atoms with Crippen LogP contribution in [0.1, 0.15) is 12.8 Å². The summed E-state index contributed by atoms with van der Waals surface area (Å²) in [4.78, 5) is 33.6. The average molecular weight is 199 g/mol. The number of nitrogens with one attached hydrogen (secondary N) is 1. The first-order valence-electron chi connectivity index (χ1n) is 4.34. The zero-order valence-electron chi connectivity index (χ0n) is 7.62. The van der Waals surface area contributed by atoms with Crippen LogP contribution in [-0.2, 0) is 14.4 Å². The molecule has 0 aromatic heterocycles. The third-order valence-corrected chi connectivity index (χ3v) is 1.93. The van der Waals surface area contributed by atoms with Gasteiger partial charge < -0.3 is 20.1 Å². The Bertz CT molecular complexity index is 264. The van der Waals surface area contributed by atoms with Gasteiger partial charge in [-0.2, -0.15) is 0 Å². The van der Waals surface area contributed by atoms with Crippen molar-refractivity contribution in [1.82, 2.24) is 10.2 Å². The van der Waals surface area contributed by atoms with E-state index in [-0.39, 0.29) is 31.2 Å². The minimum absolute atomic E-state index is 0.0197. The van der Waals surface area contributed by atoms with Crippen LogP contribution < -0.4 is 10.4 Å². The second-order valence-electron chi connectivity index (χ2n) is 3.04. The molecule has 1 fully saturated rings. The average Bonchev–Trinajstić information content (AvgIpc) is 2.14. The molecule has 0 spiro atoms. The molecule has 0 bridgehead atoms. The van der Waals surface area contributed by atoms with Gasteiger partial charge in [-0.05, 0) is 6.42 Å². The molecule has 6 nitrogen and oxygen atoms in total. The van der Waals surface area contributed by atoms with E-state index in [1.807, 2.05) is 0 Å². The molecule has 1 heterocycles. The first-order chi connectivity index (χ1) is 6.59. The maximum Gasteiger partial charge on any atom is 0.239 e. The van der Waals surface area contributed by atoms with Crippen molar-refractivity contribution in [2.75, 3.05) is 19.6 Å². The molecule has 1 N–H and O–H groups in total. The fraction of sp³-hybridized carbons (Fsp3) is 0.625. The van der Waals surface area contributed by atoms with Crippen LogP contribution in [-0.4, -0.2) is 42.3 Å². The van der Waals surface area contributed by atoms with E-state index in [0.29, 0.717) is 13.1 Å². The molecule has 0 radical (unpaired) electrons. The number of carboxylic acid groups (broad SMARTS) is 1. The monoisotopic (exact) mass is 199 g/mol. The summed E-state index contributed by atoms with van der Waals surface area (Å²) in [6, 6.07) is 0. The molecule has 0 saturated carbocycles. The largest absolute Gasteiger partial charge is 0.550 e. The number of piperazine rings is 1. The van der Waals surface area contributed by atoms with Gasteiger partial charge >= 0.3 is 0 Å². The van der Waals surface area contributed by atoms with Gasteiger partial charge in [0.25, 0.3) is 0 Å². The predicted octanol–water partition coefficient (Wildman–Crippen LogP) is -2.53. The van der Waals surface area contributed by atoms with Crippen LogP contribution in [0.15, 0.2) is 0 Å². The van der Waals surface area contributed by atoms with Crippen LogP contribution >= 0.6 is 0 Å². The van der Waals surface area contributed by atoms with Crippen molar-refractivity contribution in [3.8, 4) is 0 Å². The summed E-state index contributed by atoms with van der Waals surface area (Å²) in [5.41, 5.74) is 0. The van der Waals surface area contributed by atoms with Crippen LogP contribution in [0.2, 0.25) is 0 Å². The molecule has 14 heavy (non-hydrogen) atoms. The number of carbonyl (C=O) groups is 3. The Labute approximate surface area is 80.9 Å². The van der Waals surface area contributed by atoms with Gasteiger partial charge in [0.15, 0.2) is 0 Å². The van der Waals surface area contributed by atoms with E-state index in [9.17, 15) is 19.5 Å². The maximum atomic E-state index is 11.3. The molecule has 0 aromatic rings. The lowest BCUT2D eigenvalue weighted by atomic mass is 10.2. The predicted molar refractivity (Wildman–Crippen MR) is 43.8 cm³/mol. The molecule has 0 unspecified atom stereocenters. The molecular weight excluding hydrogens is 188 g/mol. The van der Waals surface area contributed by atoms with E-state index in [1.165, 1.54) is 4.90 Å². The van der Waals surface area contributed by atoms with E-state index in [0.717, 1.165) is 0 Å². The van der Waals surface area contributed by atoms with Crippen molar-refractivity contribution in [3.63, 3.8) is 0 Å². The van der Waals surface area contributed by atoms with Gasteiger partial charge in [0.05, 0.1) is 6.54 Å². The number of amides is 2. The van der Waals surface area contributed by atoms with E-state index in [2.05, 4.69) is 5.32 Å². The highest BCUT2D eigenvalue weighted by Gasteiger charge is 2.20. The van der Waals surface area contributed by atoms with Gasteiger partial charge in [-0.15, -0.1) is 0 Å². The normalized spacial score (nSPS) is 16.3. The van der Waals surface area contributed by atoms with Crippen LogP contribution in [0, 0.1) is 0 Å². The fourth-order valence-electron chi connectivity index (χ4n) is 1.22. The third-order valence-electron chi connectivity index (χ3n) is 1.93. The number of hydrogen-bond acceptors (Lipinski definition) is 4. The maximum absolute atomic E-state index is 11.3. The fourth-order valence-corrected chi connectivity index (χ4v) is 1.22. The molecule has 1 aliphatic rings. The van der Waals surface area contributed by atoms with Gasteiger partial charge in [-0.3, -0.25) is 9.59 Å². The van der Waals surface area contributed by atoms with Crippen LogP contribution in [0.4, 0.5) is 0 Å². The van der Waals surface area contributed by atoms with Gasteiger partial charge in [0.2, 0.25) is 11.8 Å². The quantitative estimate of drug-likeness (QED) is 0.543. The molecular formula is C8H11N2O4-. The topological polar surface area (TPSA) is 89.5 Å². The highest BCUT2D eigenvalue weighted by molar-refractivity contribution is 5.87. The number of nitrogens with zero attached hydrogens (tertiary/aromatic N) is 1. The van der Waals surface area contributed by atoms with Crippen molar-refractivity contribution in [1.29, 1.82) is 0 Å². The lowest BCUT2D eigenvalue weighted by Crippen LogP contribution is -2.50. The smallest absolute Gasteiger partial charge is 0.239 e. The van der Waals surface area contributed by atoms with Crippen molar-refractivity contribution >= 4 is 17.8 Å². The van der Waals surface area contributed by atoms with E-state index in [4.69, 9.17) is 0 Å². The van der Waals surface area contributed by atoms with Gasteiger partial charge in [-0.25, -0.2) is 0 Å². The number of aliphatic carboxylic acids is 1. The summed E-state index contributed by atoms with van der Waals surface area (Å²) >= 11 is 0. The van der Waals surface area contributed by atoms with E-state index >= 15 is 0 Å². The minimum atomic E-state index is -1.25. The molecule has 0 aromatic carbocycles. The first-order valence-corrected chi connectivity index (χ1v) is 4.34. The van der Waals surface area contributed by atoms with Crippen LogP contribution in [0.5, 0.6) is 0 Å².